The van der Waals surface area contributed by atoms with Crippen LogP contribution in [0.25, 0.3) is 0 Å². The molecule has 0 bridgehead atoms. The van der Waals surface area contributed by atoms with Crippen molar-refractivity contribution >= 4 is 23.4 Å². The lowest BCUT2D eigenvalue weighted by molar-refractivity contribution is -0.235. The molecule has 1 unspecified atom stereocenters. The maximum Gasteiger partial charge on any atom is 0.320 e. The number of rotatable bonds is 26. The number of aromatic nitrogens is 3. The summed E-state index contributed by atoms with van der Waals surface area (Å²) in [5.74, 6) is -0.897. The zero-order chi connectivity index (χ0) is 36.2. The molecule has 0 spiro atoms. The van der Waals surface area contributed by atoms with E-state index < -0.39 is 36.7 Å². The Labute approximate surface area is 289 Å². The standard InChI is InChI=1S/C32H58N8O9/c1-5-12-39(13-11-34-18-31(46)48-26(14-24(41)17-33-6-2)15-25(42)20-38(4)7-3)22-29(44)35-10-8-9-23-19-40(37-36-23)21-28-32(47)27(43)16-30(45)49-28/h19,26-28,30,32-34,43,45,47H,5-18,20-22H2,1-4H3,(H,35,44)/t26-,27+,28+,30?,32-/m0/s1. The molecular formula is C32H58N8O9. The second-order valence-corrected chi connectivity index (χ2v) is 12.5. The molecular weight excluding hydrogens is 640 g/mol. The summed E-state index contributed by atoms with van der Waals surface area (Å²) in [4.78, 5) is 53.8. The molecule has 1 aromatic rings. The van der Waals surface area contributed by atoms with Crippen molar-refractivity contribution in [3.63, 3.8) is 0 Å². The van der Waals surface area contributed by atoms with Gasteiger partial charge >= 0.3 is 5.97 Å². The first-order chi connectivity index (χ1) is 23.4. The highest BCUT2D eigenvalue weighted by Gasteiger charge is 2.36. The molecule has 1 fully saturated rings. The summed E-state index contributed by atoms with van der Waals surface area (Å²) in [6.45, 7) is 9.88. The van der Waals surface area contributed by atoms with Gasteiger partial charge in [0, 0.05) is 45.1 Å². The number of likely N-dealkylation sites (N-methyl/N-ethyl adjacent to an activating group) is 2. The number of aliphatic hydroxyl groups is 3. The van der Waals surface area contributed by atoms with Crippen molar-refractivity contribution < 1.29 is 44.0 Å². The monoisotopic (exact) mass is 698 g/mol. The fourth-order valence-corrected chi connectivity index (χ4v) is 5.28. The molecule has 49 heavy (non-hydrogen) atoms. The number of hydrogen-bond acceptors (Lipinski definition) is 15. The van der Waals surface area contributed by atoms with Gasteiger partial charge in [0.05, 0.1) is 44.5 Å². The van der Waals surface area contributed by atoms with Gasteiger partial charge in [0.2, 0.25) is 5.91 Å². The molecule has 0 radical (unpaired) electrons. The number of carbonyl (C=O) groups excluding carboxylic acids is 4. The van der Waals surface area contributed by atoms with Gasteiger partial charge in [-0.25, -0.2) is 4.68 Å². The summed E-state index contributed by atoms with van der Waals surface area (Å²) >= 11 is 0. The van der Waals surface area contributed by atoms with Crippen molar-refractivity contribution in [2.75, 3.05) is 72.5 Å². The average Bonchev–Trinajstić information content (AvgIpc) is 3.49. The van der Waals surface area contributed by atoms with Crippen molar-refractivity contribution in [3.8, 4) is 0 Å². The van der Waals surface area contributed by atoms with Crippen LogP contribution in [0.1, 0.15) is 58.6 Å². The summed E-state index contributed by atoms with van der Waals surface area (Å²) in [5.41, 5.74) is 0.694. The Morgan fingerprint density at radius 2 is 1.80 bits per heavy atom. The van der Waals surface area contributed by atoms with Gasteiger partial charge in [-0.15, -0.1) is 5.10 Å². The maximum atomic E-state index is 12.6. The molecule has 280 valence electrons. The Hall–Kier alpha value is -2.90. The highest BCUT2D eigenvalue weighted by Crippen LogP contribution is 2.20. The lowest BCUT2D eigenvalue weighted by atomic mass is 10.0. The van der Waals surface area contributed by atoms with Crippen LogP contribution in [-0.4, -0.2) is 167 Å². The third kappa shape index (κ3) is 17.5. The number of hydrogen-bond donors (Lipinski definition) is 6. The lowest BCUT2D eigenvalue weighted by Gasteiger charge is -2.34. The highest BCUT2D eigenvalue weighted by atomic mass is 16.6. The number of carbonyl (C=O) groups is 4. The first-order valence-electron chi connectivity index (χ1n) is 17.3. The first kappa shape index (κ1) is 42.3. The second-order valence-electron chi connectivity index (χ2n) is 12.5. The molecule has 1 saturated heterocycles. The minimum Gasteiger partial charge on any atom is -0.460 e. The molecule has 2 heterocycles. The van der Waals surface area contributed by atoms with Crippen molar-refractivity contribution in [1.29, 1.82) is 0 Å². The van der Waals surface area contributed by atoms with E-state index in [9.17, 15) is 34.5 Å². The summed E-state index contributed by atoms with van der Waals surface area (Å²) in [6.07, 6.45) is -1.37. The van der Waals surface area contributed by atoms with Gasteiger partial charge in [0.1, 0.15) is 24.1 Å². The zero-order valence-corrected chi connectivity index (χ0v) is 29.5. The van der Waals surface area contributed by atoms with Crippen molar-refractivity contribution in [2.24, 2.45) is 0 Å². The molecule has 1 aliphatic heterocycles. The molecule has 0 saturated carbocycles. The van der Waals surface area contributed by atoms with E-state index in [1.165, 1.54) is 4.68 Å². The van der Waals surface area contributed by atoms with E-state index in [2.05, 4.69) is 26.3 Å². The molecule has 0 aromatic carbocycles. The van der Waals surface area contributed by atoms with Crippen molar-refractivity contribution in [1.82, 2.24) is 40.7 Å². The Balaban J connectivity index is 1.70. The fraction of sp³-hybridized carbons (Fsp3) is 0.812. The van der Waals surface area contributed by atoms with E-state index in [1.54, 1.807) is 6.20 Å². The maximum absolute atomic E-state index is 12.6. The van der Waals surface area contributed by atoms with Gasteiger partial charge in [0.25, 0.3) is 0 Å². The van der Waals surface area contributed by atoms with Gasteiger partial charge in [-0.05, 0) is 45.9 Å². The van der Waals surface area contributed by atoms with Crippen LogP contribution in [-0.2, 0) is 41.6 Å². The van der Waals surface area contributed by atoms with Gasteiger partial charge in [-0.2, -0.15) is 0 Å². The number of esters is 1. The third-order valence-corrected chi connectivity index (χ3v) is 7.98. The number of nitrogens with zero attached hydrogens (tertiary/aromatic N) is 5. The molecule has 6 N–H and O–H groups in total. The van der Waals surface area contributed by atoms with Gasteiger partial charge in [-0.3, -0.25) is 29.0 Å². The molecule has 1 amide bonds. The summed E-state index contributed by atoms with van der Waals surface area (Å²) in [5, 5.41) is 46.7. The fourth-order valence-electron chi connectivity index (χ4n) is 5.28. The van der Waals surface area contributed by atoms with E-state index in [-0.39, 0.29) is 69.5 Å². The van der Waals surface area contributed by atoms with E-state index in [1.807, 2.05) is 37.6 Å². The van der Waals surface area contributed by atoms with Gasteiger partial charge in [0.15, 0.2) is 12.1 Å². The van der Waals surface area contributed by atoms with Crippen LogP contribution in [0.5, 0.6) is 0 Å². The van der Waals surface area contributed by atoms with E-state index in [0.29, 0.717) is 57.8 Å². The third-order valence-electron chi connectivity index (χ3n) is 7.98. The minimum atomic E-state index is -1.15. The first-order valence-corrected chi connectivity index (χ1v) is 17.3. The number of aryl methyl sites for hydroxylation is 1. The van der Waals surface area contributed by atoms with Crippen LogP contribution in [0.15, 0.2) is 6.20 Å². The predicted molar refractivity (Wildman–Crippen MR) is 179 cm³/mol. The van der Waals surface area contributed by atoms with Crippen LogP contribution in [0.2, 0.25) is 0 Å². The summed E-state index contributed by atoms with van der Waals surface area (Å²) in [6, 6.07) is 0. The number of ketones is 2. The number of Topliss-reactive ketones (excluding diaryl/α,β-unsaturated/α-hetero) is 2. The molecule has 0 aliphatic carbocycles. The Morgan fingerprint density at radius 1 is 1.04 bits per heavy atom. The normalized spacial score (nSPS) is 20.0. The topological polar surface area (TPSA) is 221 Å². The minimum absolute atomic E-state index is 0.0219. The smallest absolute Gasteiger partial charge is 0.320 e. The van der Waals surface area contributed by atoms with E-state index >= 15 is 0 Å². The Bertz CT molecular complexity index is 1140. The molecule has 1 aromatic heterocycles. The van der Waals surface area contributed by atoms with Crippen molar-refractivity contribution in [3.05, 3.63) is 11.9 Å². The second kappa shape index (κ2) is 23.5. The van der Waals surface area contributed by atoms with Crippen LogP contribution in [0.3, 0.4) is 0 Å². The van der Waals surface area contributed by atoms with Crippen LogP contribution in [0, 0.1) is 0 Å². The largest absolute Gasteiger partial charge is 0.460 e. The summed E-state index contributed by atoms with van der Waals surface area (Å²) < 4.78 is 12.3. The average molecular weight is 699 g/mol. The van der Waals surface area contributed by atoms with E-state index in [0.717, 1.165) is 6.42 Å². The van der Waals surface area contributed by atoms with Crippen LogP contribution < -0.4 is 16.0 Å². The number of nitrogens with one attached hydrogen (secondary N) is 3. The van der Waals surface area contributed by atoms with Gasteiger partial charge in [-0.1, -0.05) is 26.0 Å². The lowest BCUT2D eigenvalue weighted by Crippen LogP contribution is -2.49. The molecule has 5 atom stereocenters. The molecule has 2 rings (SSSR count). The van der Waals surface area contributed by atoms with E-state index in [4.69, 9.17) is 9.47 Å². The zero-order valence-electron chi connectivity index (χ0n) is 29.5. The summed E-state index contributed by atoms with van der Waals surface area (Å²) in [7, 11) is 1.83. The van der Waals surface area contributed by atoms with Crippen molar-refractivity contribution in [2.45, 2.75) is 96.5 Å². The SMILES string of the molecule is CCCN(CCNCC(=O)O[C@@H](CC(=O)CNCC)CC(=O)CN(C)CC)CC(=O)NCCCc1cn(C[C@H]2OC(O)C[C@@H](O)[C@@H]2O)nn1. The molecule has 17 nitrogen and oxygen atoms in total. The highest BCUT2D eigenvalue weighted by molar-refractivity contribution is 5.85. The van der Waals surface area contributed by atoms with Gasteiger partial charge < -0.3 is 40.7 Å². The van der Waals surface area contributed by atoms with Crippen LogP contribution >= 0.6 is 0 Å². The van der Waals surface area contributed by atoms with Crippen LogP contribution in [0.4, 0.5) is 0 Å². The number of amides is 1. The Morgan fingerprint density at radius 3 is 2.51 bits per heavy atom. The number of ether oxygens (including phenoxy) is 2. The predicted octanol–water partition coefficient (Wildman–Crippen LogP) is -2.15. The Kier molecular flexibility index (Phi) is 20.3. The molecule has 17 heteroatoms. The molecule has 1 aliphatic rings. The number of aliphatic hydroxyl groups excluding tert-OH is 3. The quantitative estimate of drug-likeness (QED) is 0.0449.